The number of nitrogens with zero attached hydrogens (tertiary/aromatic N) is 2. The van der Waals surface area contributed by atoms with Crippen molar-refractivity contribution in [3.8, 4) is 11.5 Å². The molecule has 0 saturated carbocycles. The fourth-order valence-electron chi connectivity index (χ4n) is 3.76. The van der Waals surface area contributed by atoms with Gasteiger partial charge in [-0.2, -0.15) is 0 Å². The van der Waals surface area contributed by atoms with Crippen molar-refractivity contribution in [2.75, 3.05) is 6.61 Å². The van der Waals surface area contributed by atoms with E-state index in [1.807, 2.05) is 30.3 Å². The largest absolute Gasteiger partial charge is 0.491 e. The Hall–Kier alpha value is -3.27. The van der Waals surface area contributed by atoms with E-state index in [0.29, 0.717) is 25.7 Å². The van der Waals surface area contributed by atoms with E-state index >= 15 is 0 Å². The molecule has 1 heterocycles. The second-order valence-electron chi connectivity index (χ2n) is 8.31. The number of rotatable bonds is 8. The zero-order chi connectivity index (χ0) is 21.8. The number of aromatic nitrogens is 2. The van der Waals surface area contributed by atoms with Crippen LogP contribution in [0.3, 0.4) is 0 Å². The van der Waals surface area contributed by atoms with Crippen LogP contribution >= 0.6 is 0 Å². The summed E-state index contributed by atoms with van der Waals surface area (Å²) in [5.41, 5.74) is 5.74. The van der Waals surface area contributed by atoms with Crippen LogP contribution in [0.15, 0.2) is 66.7 Å². The molecule has 0 aliphatic rings. The highest BCUT2D eigenvalue weighted by molar-refractivity contribution is 5.75. The van der Waals surface area contributed by atoms with Gasteiger partial charge in [0.25, 0.3) is 0 Å². The molecular formula is C27H30N2O2. The molecule has 4 heteroatoms. The predicted octanol–water partition coefficient (Wildman–Crippen LogP) is 6.43. The molecular weight excluding hydrogens is 384 g/mol. The molecule has 0 fully saturated rings. The SMILES string of the molecule is Cc1ccc(OCc2nc3ccccc3n2CCOc2cc(C)ccc2C(C)C)cc1. The summed E-state index contributed by atoms with van der Waals surface area (Å²) in [5.74, 6) is 3.14. The van der Waals surface area contributed by atoms with E-state index in [-0.39, 0.29) is 0 Å². The first-order valence-corrected chi connectivity index (χ1v) is 10.9. The van der Waals surface area contributed by atoms with Gasteiger partial charge in [-0.15, -0.1) is 0 Å². The lowest BCUT2D eigenvalue weighted by Crippen LogP contribution is -2.13. The topological polar surface area (TPSA) is 36.3 Å². The van der Waals surface area contributed by atoms with E-state index in [4.69, 9.17) is 14.5 Å². The van der Waals surface area contributed by atoms with Crippen LogP contribution in [-0.4, -0.2) is 16.2 Å². The molecule has 0 amide bonds. The average Bonchev–Trinajstić information content (AvgIpc) is 3.11. The minimum absolute atomic E-state index is 0.416. The maximum atomic E-state index is 6.24. The van der Waals surface area contributed by atoms with Gasteiger partial charge in [0, 0.05) is 0 Å². The van der Waals surface area contributed by atoms with Crippen LogP contribution in [0.5, 0.6) is 11.5 Å². The second kappa shape index (κ2) is 9.25. The van der Waals surface area contributed by atoms with Crippen LogP contribution in [0.25, 0.3) is 11.0 Å². The minimum atomic E-state index is 0.416. The Morgan fingerprint density at radius 2 is 1.61 bits per heavy atom. The quantitative estimate of drug-likeness (QED) is 0.333. The number of ether oxygens (including phenoxy) is 2. The fourth-order valence-corrected chi connectivity index (χ4v) is 3.76. The maximum absolute atomic E-state index is 6.24. The number of imidazole rings is 1. The summed E-state index contributed by atoms with van der Waals surface area (Å²) in [4.78, 5) is 4.81. The molecule has 0 unspecified atom stereocenters. The predicted molar refractivity (Wildman–Crippen MR) is 126 cm³/mol. The lowest BCUT2D eigenvalue weighted by atomic mass is 10.0. The van der Waals surface area contributed by atoms with E-state index < -0.39 is 0 Å². The van der Waals surface area contributed by atoms with Gasteiger partial charge in [-0.1, -0.05) is 55.8 Å². The molecule has 0 radical (unpaired) electrons. The summed E-state index contributed by atoms with van der Waals surface area (Å²) in [6.07, 6.45) is 0. The standard InChI is InChI=1S/C27H30N2O2/c1-19(2)23-14-11-21(4)17-26(23)30-16-15-29-25-8-6-5-7-24(25)28-27(29)18-31-22-12-9-20(3)10-13-22/h5-14,17,19H,15-16,18H2,1-4H3. The summed E-state index contributed by atoms with van der Waals surface area (Å²) >= 11 is 0. The third-order valence-electron chi connectivity index (χ3n) is 5.49. The number of hydrogen-bond donors (Lipinski definition) is 0. The van der Waals surface area contributed by atoms with Gasteiger partial charge in [0.05, 0.1) is 17.6 Å². The normalized spacial score (nSPS) is 11.3. The van der Waals surface area contributed by atoms with Crippen LogP contribution in [0.4, 0.5) is 0 Å². The average molecular weight is 415 g/mol. The molecule has 0 spiro atoms. The Morgan fingerprint density at radius 3 is 2.39 bits per heavy atom. The zero-order valence-corrected chi connectivity index (χ0v) is 18.8. The van der Waals surface area contributed by atoms with Gasteiger partial charge in [0.1, 0.15) is 30.5 Å². The molecule has 0 N–H and O–H groups in total. The first kappa shape index (κ1) is 21.0. The number of fused-ring (bicyclic) bond motifs is 1. The summed E-state index contributed by atoms with van der Waals surface area (Å²) < 4.78 is 14.5. The molecule has 4 aromatic rings. The van der Waals surface area contributed by atoms with Crippen molar-refractivity contribution < 1.29 is 9.47 Å². The Morgan fingerprint density at radius 1 is 0.871 bits per heavy atom. The molecule has 1 aromatic heterocycles. The number of aryl methyl sites for hydroxylation is 2. The molecule has 0 bridgehead atoms. The van der Waals surface area contributed by atoms with Gasteiger partial charge in [-0.3, -0.25) is 0 Å². The highest BCUT2D eigenvalue weighted by atomic mass is 16.5. The van der Waals surface area contributed by atoms with Crippen molar-refractivity contribution in [2.24, 2.45) is 0 Å². The van der Waals surface area contributed by atoms with Crippen molar-refractivity contribution in [1.29, 1.82) is 0 Å². The smallest absolute Gasteiger partial charge is 0.148 e. The first-order valence-electron chi connectivity index (χ1n) is 10.9. The third kappa shape index (κ3) is 4.91. The Balaban J connectivity index is 1.52. The zero-order valence-electron chi connectivity index (χ0n) is 18.8. The van der Waals surface area contributed by atoms with Gasteiger partial charge < -0.3 is 14.0 Å². The van der Waals surface area contributed by atoms with Crippen molar-refractivity contribution in [3.63, 3.8) is 0 Å². The van der Waals surface area contributed by atoms with Crippen molar-refractivity contribution >= 4 is 11.0 Å². The van der Waals surface area contributed by atoms with Gasteiger partial charge in [0.15, 0.2) is 0 Å². The first-order chi connectivity index (χ1) is 15.0. The molecule has 3 aromatic carbocycles. The van der Waals surface area contributed by atoms with E-state index in [1.165, 1.54) is 16.7 Å². The molecule has 4 rings (SSSR count). The summed E-state index contributed by atoms with van der Waals surface area (Å²) in [5, 5.41) is 0. The Bertz CT molecular complexity index is 1160. The number of para-hydroxylation sites is 2. The van der Waals surface area contributed by atoms with Gasteiger partial charge in [-0.25, -0.2) is 4.98 Å². The number of benzene rings is 3. The summed E-state index contributed by atoms with van der Waals surface area (Å²) in [7, 11) is 0. The Labute approximate surface area is 184 Å². The van der Waals surface area contributed by atoms with E-state index in [2.05, 4.69) is 68.7 Å². The van der Waals surface area contributed by atoms with Gasteiger partial charge in [0.2, 0.25) is 0 Å². The molecule has 160 valence electrons. The van der Waals surface area contributed by atoms with Crippen molar-refractivity contribution in [2.45, 2.75) is 46.8 Å². The third-order valence-corrected chi connectivity index (χ3v) is 5.49. The summed E-state index contributed by atoms with van der Waals surface area (Å²) in [6.45, 7) is 10.3. The van der Waals surface area contributed by atoms with Crippen LogP contribution < -0.4 is 9.47 Å². The van der Waals surface area contributed by atoms with E-state index in [0.717, 1.165) is 28.4 Å². The number of hydrogen-bond acceptors (Lipinski definition) is 3. The monoisotopic (exact) mass is 414 g/mol. The highest BCUT2D eigenvalue weighted by Crippen LogP contribution is 2.28. The molecule has 0 saturated heterocycles. The molecule has 4 nitrogen and oxygen atoms in total. The highest BCUT2D eigenvalue weighted by Gasteiger charge is 2.13. The van der Waals surface area contributed by atoms with Gasteiger partial charge >= 0.3 is 0 Å². The molecule has 0 atom stereocenters. The molecule has 31 heavy (non-hydrogen) atoms. The van der Waals surface area contributed by atoms with Crippen LogP contribution in [0.2, 0.25) is 0 Å². The van der Waals surface area contributed by atoms with E-state index in [9.17, 15) is 0 Å². The molecule has 0 aliphatic carbocycles. The maximum Gasteiger partial charge on any atom is 0.148 e. The van der Waals surface area contributed by atoms with Gasteiger partial charge in [-0.05, 0) is 61.2 Å². The lowest BCUT2D eigenvalue weighted by molar-refractivity contribution is 0.271. The Kier molecular flexibility index (Phi) is 6.26. The summed E-state index contributed by atoms with van der Waals surface area (Å²) in [6, 6.07) is 22.8. The fraction of sp³-hybridized carbons (Fsp3) is 0.296. The molecule has 0 aliphatic heterocycles. The van der Waals surface area contributed by atoms with Crippen molar-refractivity contribution in [1.82, 2.24) is 9.55 Å². The van der Waals surface area contributed by atoms with Crippen LogP contribution in [-0.2, 0) is 13.2 Å². The lowest BCUT2D eigenvalue weighted by Gasteiger charge is -2.16. The van der Waals surface area contributed by atoms with Crippen molar-refractivity contribution in [3.05, 3.63) is 89.2 Å². The van der Waals surface area contributed by atoms with Crippen LogP contribution in [0.1, 0.15) is 42.3 Å². The minimum Gasteiger partial charge on any atom is -0.491 e. The second-order valence-corrected chi connectivity index (χ2v) is 8.31. The van der Waals surface area contributed by atoms with Crippen LogP contribution in [0, 0.1) is 13.8 Å². The van der Waals surface area contributed by atoms with E-state index in [1.54, 1.807) is 0 Å².